The van der Waals surface area contributed by atoms with Crippen LogP contribution >= 0.6 is 11.3 Å². The first kappa shape index (κ1) is 15.9. The summed E-state index contributed by atoms with van der Waals surface area (Å²) < 4.78 is 5.16. The number of hydrogen-bond acceptors (Lipinski definition) is 5. The predicted octanol–water partition coefficient (Wildman–Crippen LogP) is 3.09. The third kappa shape index (κ3) is 5.44. The molecule has 1 atom stereocenters. The molecular formula is C16H23N3OS. The van der Waals surface area contributed by atoms with E-state index in [9.17, 15) is 0 Å². The molecule has 21 heavy (non-hydrogen) atoms. The maximum atomic E-state index is 5.16. The van der Waals surface area contributed by atoms with Gasteiger partial charge < -0.3 is 10.1 Å². The van der Waals surface area contributed by atoms with Crippen LogP contribution in [0.1, 0.15) is 30.3 Å². The van der Waals surface area contributed by atoms with Crippen molar-refractivity contribution in [2.24, 2.45) is 0 Å². The molecule has 114 valence electrons. The summed E-state index contributed by atoms with van der Waals surface area (Å²) in [7, 11) is 1.63. The van der Waals surface area contributed by atoms with Crippen LogP contribution in [0.3, 0.4) is 0 Å². The monoisotopic (exact) mass is 305 g/mol. The second-order valence-corrected chi connectivity index (χ2v) is 6.01. The van der Waals surface area contributed by atoms with Crippen LogP contribution in [0, 0.1) is 0 Å². The lowest BCUT2D eigenvalue weighted by Gasteiger charge is -2.17. The maximum absolute atomic E-state index is 5.16. The van der Waals surface area contributed by atoms with E-state index in [0.29, 0.717) is 11.9 Å². The van der Waals surface area contributed by atoms with E-state index in [1.807, 2.05) is 17.4 Å². The summed E-state index contributed by atoms with van der Waals surface area (Å²) in [5.74, 6) is 0.633. The molecule has 0 fully saturated rings. The summed E-state index contributed by atoms with van der Waals surface area (Å²) in [6.45, 7) is 3.12. The maximum Gasteiger partial charge on any atom is 0.216 e. The summed E-state index contributed by atoms with van der Waals surface area (Å²) >= 11 is 1.84. The molecule has 0 saturated heterocycles. The Balaban J connectivity index is 1.85. The van der Waals surface area contributed by atoms with Gasteiger partial charge in [-0.2, -0.15) is 0 Å². The number of methoxy groups -OCH3 is 1. The summed E-state index contributed by atoms with van der Waals surface area (Å²) in [5, 5.41) is 5.69. The van der Waals surface area contributed by atoms with Crippen LogP contribution in [-0.2, 0) is 12.8 Å². The van der Waals surface area contributed by atoms with Gasteiger partial charge >= 0.3 is 0 Å². The Morgan fingerprint density at radius 3 is 3.00 bits per heavy atom. The second-order valence-electron chi connectivity index (χ2n) is 4.98. The number of thiophene rings is 1. The number of rotatable bonds is 9. The van der Waals surface area contributed by atoms with E-state index in [4.69, 9.17) is 4.74 Å². The molecule has 1 N–H and O–H groups in total. The van der Waals surface area contributed by atoms with Crippen LogP contribution < -0.4 is 10.1 Å². The fraction of sp³-hybridized carbons (Fsp3) is 0.500. The number of nitrogens with zero attached hydrogens (tertiary/aromatic N) is 2. The van der Waals surface area contributed by atoms with E-state index in [0.717, 1.165) is 31.5 Å². The molecule has 0 spiro atoms. The summed E-state index contributed by atoms with van der Waals surface area (Å²) in [5.41, 5.74) is 1.03. The number of likely N-dealkylation sites (N-methyl/N-ethyl adjacent to an activating group) is 1. The largest absolute Gasteiger partial charge is 0.481 e. The lowest BCUT2D eigenvalue weighted by molar-refractivity contribution is 0.394. The van der Waals surface area contributed by atoms with E-state index in [1.165, 1.54) is 11.3 Å². The molecule has 4 nitrogen and oxygen atoms in total. The number of ether oxygens (including phenoxy) is 1. The highest BCUT2D eigenvalue weighted by molar-refractivity contribution is 7.09. The highest BCUT2D eigenvalue weighted by Crippen LogP contribution is 2.15. The molecule has 2 rings (SSSR count). The van der Waals surface area contributed by atoms with E-state index < -0.39 is 0 Å². The molecule has 5 heteroatoms. The normalized spacial score (nSPS) is 12.3. The fourth-order valence-electron chi connectivity index (χ4n) is 2.40. The third-order valence-electron chi connectivity index (χ3n) is 3.41. The van der Waals surface area contributed by atoms with Crippen molar-refractivity contribution in [3.63, 3.8) is 0 Å². The Bertz CT molecular complexity index is 516. The first-order valence-corrected chi connectivity index (χ1v) is 8.30. The third-order valence-corrected chi connectivity index (χ3v) is 4.35. The molecule has 0 aliphatic heterocycles. The van der Waals surface area contributed by atoms with Gasteiger partial charge in [0.1, 0.15) is 6.33 Å². The molecule has 0 aliphatic rings. The molecular weight excluding hydrogens is 282 g/mol. The molecule has 0 amide bonds. The highest BCUT2D eigenvalue weighted by atomic mass is 32.1. The van der Waals surface area contributed by atoms with Gasteiger partial charge in [0.25, 0.3) is 0 Å². The van der Waals surface area contributed by atoms with Gasteiger partial charge in [-0.15, -0.1) is 11.3 Å². The summed E-state index contributed by atoms with van der Waals surface area (Å²) in [6, 6.07) is 6.70. The standard InChI is InChI=1S/C16H23N3OS/c1-3-17-13(6-4-7-15-8-5-9-21-15)10-14-11-16(20-2)19-12-18-14/h5,8-9,11-13,17H,3-4,6-7,10H2,1-2H3. The molecule has 0 aromatic carbocycles. The average Bonchev–Trinajstić information content (AvgIpc) is 3.01. The zero-order valence-electron chi connectivity index (χ0n) is 12.7. The first-order valence-electron chi connectivity index (χ1n) is 7.42. The van der Waals surface area contributed by atoms with Crippen molar-refractivity contribution in [2.45, 2.75) is 38.6 Å². The Kier molecular flexibility index (Phi) is 6.63. The van der Waals surface area contributed by atoms with Crippen LogP contribution in [0.4, 0.5) is 0 Å². The first-order chi connectivity index (χ1) is 10.3. The van der Waals surface area contributed by atoms with Crippen molar-refractivity contribution in [1.82, 2.24) is 15.3 Å². The minimum absolute atomic E-state index is 0.453. The van der Waals surface area contributed by atoms with Crippen molar-refractivity contribution in [2.75, 3.05) is 13.7 Å². The van der Waals surface area contributed by atoms with Gasteiger partial charge in [0.05, 0.1) is 7.11 Å². The summed E-state index contributed by atoms with van der Waals surface area (Å²) in [6.07, 6.45) is 5.99. The number of aromatic nitrogens is 2. The molecule has 0 aliphatic carbocycles. The number of nitrogens with one attached hydrogen (secondary N) is 1. The van der Waals surface area contributed by atoms with Gasteiger partial charge in [-0.1, -0.05) is 13.0 Å². The van der Waals surface area contributed by atoms with Gasteiger partial charge in [0, 0.05) is 29.1 Å². The van der Waals surface area contributed by atoms with Crippen LogP contribution in [0.25, 0.3) is 0 Å². The van der Waals surface area contributed by atoms with Crippen molar-refractivity contribution in [3.8, 4) is 5.88 Å². The van der Waals surface area contributed by atoms with E-state index in [1.54, 1.807) is 13.4 Å². The van der Waals surface area contributed by atoms with Gasteiger partial charge in [0.2, 0.25) is 5.88 Å². The minimum Gasteiger partial charge on any atom is -0.481 e. The van der Waals surface area contributed by atoms with Crippen LogP contribution in [0.5, 0.6) is 5.88 Å². The van der Waals surface area contributed by atoms with Crippen molar-refractivity contribution in [1.29, 1.82) is 0 Å². The molecule has 0 saturated carbocycles. The Morgan fingerprint density at radius 1 is 1.38 bits per heavy atom. The summed E-state index contributed by atoms with van der Waals surface area (Å²) in [4.78, 5) is 9.86. The fourth-order valence-corrected chi connectivity index (χ4v) is 3.15. The second kappa shape index (κ2) is 8.74. The van der Waals surface area contributed by atoms with Crippen LogP contribution in [0.2, 0.25) is 0 Å². The van der Waals surface area contributed by atoms with E-state index in [2.05, 4.69) is 39.7 Å². The zero-order valence-corrected chi connectivity index (χ0v) is 13.5. The topological polar surface area (TPSA) is 47.0 Å². The molecule has 1 unspecified atom stereocenters. The number of hydrogen-bond donors (Lipinski definition) is 1. The van der Waals surface area contributed by atoms with Crippen molar-refractivity contribution in [3.05, 3.63) is 40.5 Å². The Hall–Kier alpha value is -1.46. The lowest BCUT2D eigenvalue weighted by atomic mass is 10.0. The number of aryl methyl sites for hydroxylation is 1. The SMILES string of the molecule is CCNC(CCCc1cccs1)Cc1cc(OC)ncn1. The lowest BCUT2D eigenvalue weighted by Crippen LogP contribution is -2.31. The Morgan fingerprint density at radius 2 is 2.29 bits per heavy atom. The quantitative estimate of drug-likeness (QED) is 0.773. The molecule has 2 aromatic heterocycles. The van der Waals surface area contributed by atoms with Crippen LogP contribution in [-0.4, -0.2) is 29.7 Å². The minimum atomic E-state index is 0.453. The van der Waals surface area contributed by atoms with E-state index in [-0.39, 0.29) is 0 Å². The average molecular weight is 305 g/mol. The highest BCUT2D eigenvalue weighted by Gasteiger charge is 2.10. The molecule has 2 heterocycles. The van der Waals surface area contributed by atoms with Gasteiger partial charge in [0.15, 0.2) is 0 Å². The molecule has 0 bridgehead atoms. The molecule has 2 aromatic rings. The smallest absolute Gasteiger partial charge is 0.216 e. The van der Waals surface area contributed by atoms with Gasteiger partial charge in [-0.05, 0) is 37.3 Å². The predicted molar refractivity (Wildman–Crippen MR) is 87.0 cm³/mol. The Labute approximate surface area is 130 Å². The van der Waals surface area contributed by atoms with E-state index >= 15 is 0 Å². The van der Waals surface area contributed by atoms with Crippen molar-refractivity contribution >= 4 is 11.3 Å². The molecule has 0 radical (unpaired) electrons. The zero-order chi connectivity index (χ0) is 14.9. The van der Waals surface area contributed by atoms with Gasteiger partial charge in [-0.25, -0.2) is 9.97 Å². The van der Waals surface area contributed by atoms with Crippen LogP contribution in [0.15, 0.2) is 29.9 Å². The van der Waals surface area contributed by atoms with Gasteiger partial charge in [-0.3, -0.25) is 0 Å². The van der Waals surface area contributed by atoms with Crippen molar-refractivity contribution < 1.29 is 4.74 Å².